The molecule has 0 amide bonds. The highest BCUT2D eigenvalue weighted by atomic mass is 35.5. The highest BCUT2D eigenvalue weighted by Gasteiger charge is 2.13. The summed E-state index contributed by atoms with van der Waals surface area (Å²) in [5.41, 5.74) is 1.50. The van der Waals surface area contributed by atoms with Gasteiger partial charge in [0.15, 0.2) is 11.5 Å². The average molecular weight is 358 g/mol. The van der Waals surface area contributed by atoms with Crippen molar-refractivity contribution in [1.29, 1.82) is 5.26 Å². The minimum absolute atomic E-state index is 0.300. The number of hydrogen-bond donors (Lipinski definition) is 0. The third-order valence-electron chi connectivity index (χ3n) is 3.36. The molecule has 0 saturated heterocycles. The van der Waals surface area contributed by atoms with E-state index in [-0.39, 0.29) is 0 Å². The van der Waals surface area contributed by atoms with Gasteiger partial charge in [-0.25, -0.2) is 0 Å². The Morgan fingerprint density at radius 2 is 1.88 bits per heavy atom. The maximum absolute atomic E-state index is 9.02. The van der Waals surface area contributed by atoms with E-state index in [0.29, 0.717) is 41.9 Å². The summed E-state index contributed by atoms with van der Waals surface area (Å²) in [5.74, 6) is 1.69. The smallest absolute Gasteiger partial charge is 0.179 e. The molecule has 2 rings (SSSR count). The number of nitriles is 1. The summed E-state index contributed by atoms with van der Waals surface area (Å²) in [7, 11) is 0. The zero-order chi connectivity index (χ0) is 18.1. The largest absolute Gasteiger partial charge is 0.490 e. The normalized spacial score (nSPS) is 9.96. The summed E-state index contributed by atoms with van der Waals surface area (Å²) in [5, 5.41) is 9.37. The summed E-state index contributed by atoms with van der Waals surface area (Å²) in [6.07, 6.45) is 2.58. The van der Waals surface area contributed by atoms with Crippen LogP contribution < -0.4 is 14.2 Å². The van der Waals surface area contributed by atoms with Crippen LogP contribution in [0.1, 0.15) is 18.1 Å². The summed E-state index contributed by atoms with van der Waals surface area (Å²) in [6, 6.07) is 13.0. The van der Waals surface area contributed by atoms with E-state index in [9.17, 15) is 0 Å². The Morgan fingerprint density at radius 3 is 2.60 bits per heavy atom. The molecule has 0 radical (unpaired) electrons. The van der Waals surface area contributed by atoms with Gasteiger partial charge in [-0.2, -0.15) is 5.26 Å². The number of benzene rings is 2. The van der Waals surface area contributed by atoms with Crippen LogP contribution in [-0.2, 0) is 6.42 Å². The summed E-state index contributed by atoms with van der Waals surface area (Å²) < 4.78 is 17.0. The van der Waals surface area contributed by atoms with Crippen molar-refractivity contribution >= 4 is 11.6 Å². The lowest BCUT2D eigenvalue weighted by atomic mass is 10.1. The van der Waals surface area contributed by atoms with Crippen LogP contribution in [0.25, 0.3) is 0 Å². The van der Waals surface area contributed by atoms with Gasteiger partial charge in [0.1, 0.15) is 19.0 Å². The molecule has 0 unspecified atom stereocenters. The number of hydrogen-bond acceptors (Lipinski definition) is 4. The molecular weight excluding hydrogens is 338 g/mol. The minimum atomic E-state index is 0.300. The van der Waals surface area contributed by atoms with Crippen LogP contribution in [0.2, 0.25) is 5.02 Å². The van der Waals surface area contributed by atoms with Gasteiger partial charge in [-0.05, 0) is 31.0 Å². The van der Waals surface area contributed by atoms with Gasteiger partial charge < -0.3 is 14.2 Å². The quantitative estimate of drug-likeness (QED) is 0.478. The number of para-hydroxylation sites is 1. The number of allylic oxidation sites excluding steroid dienone is 1. The molecule has 0 saturated carbocycles. The molecule has 0 aliphatic heterocycles. The molecule has 0 aliphatic rings. The molecule has 0 spiro atoms. The fourth-order valence-corrected chi connectivity index (χ4v) is 2.56. The van der Waals surface area contributed by atoms with E-state index < -0.39 is 0 Å². The number of nitrogens with zero attached hydrogens (tertiary/aromatic N) is 1. The molecule has 0 aliphatic carbocycles. The fourth-order valence-electron chi connectivity index (χ4n) is 2.30. The molecule has 130 valence electrons. The third-order valence-corrected chi connectivity index (χ3v) is 3.64. The number of halogens is 1. The van der Waals surface area contributed by atoms with E-state index >= 15 is 0 Å². The van der Waals surface area contributed by atoms with Crippen molar-refractivity contribution in [1.82, 2.24) is 0 Å². The highest BCUT2D eigenvalue weighted by Crippen LogP contribution is 2.36. The number of ether oxygens (including phenoxy) is 3. The third kappa shape index (κ3) is 5.17. The Bertz CT molecular complexity index is 768. The fraction of sp³-hybridized carbons (Fsp3) is 0.250. The summed E-state index contributed by atoms with van der Waals surface area (Å²) in [4.78, 5) is 0. The maximum atomic E-state index is 9.02. The molecule has 0 aromatic heterocycles. The average Bonchev–Trinajstić information content (AvgIpc) is 2.62. The first-order valence-corrected chi connectivity index (χ1v) is 8.38. The standard InChI is InChI=1S/C20H20ClNO3/c1-3-7-16-8-5-6-9-18(16)24-10-11-25-20-17(21)12-15(14-22)13-19(20)23-4-2/h3,5-6,8-9,12-13H,1,4,7,10-11H2,2H3. The van der Waals surface area contributed by atoms with Crippen LogP contribution in [0, 0.1) is 11.3 Å². The molecule has 0 heterocycles. The van der Waals surface area contributed by atoms with Crippen molar-refractivity contribution in [3.05, 3.63) is 65.2 Å². The Labute approximate surface area is 153 Å². The molecule has 0 atom stereocenters. The first-order valence-electron chi connectivity index (χ1n) is 8.00. The van der Waals surface area contributed by atoms with Gasteiger partial charge in [0.25, 0.3) is 0 Å². The maximum Gasteiger partial charge on any atom is 0.179 e. The monoisotopic (exact) mass is 357 g/mol. The van der Waals surface area contributed by atoms with Gasteiger partial charge in [-0.1, -0.05) is 35.9 Å². The molecule has 0 fully saturated rings. The second-order valence-corrected chi connectivity index (χ2v) is 5.53. The van der Waals surface area contributed by atoms with Crippen molar-refractivity contribution in [2.75, 3.05) is 19.8 Å². The molecule has 25 heavy (non-hydrogen) atoms. The van der Waals surface area contributed by atoms with E-state index in [1.54, 1.807) is 12.1 Å². The Kier molecular flexibility index (Phi) is 7.18. The van der Waals surface area contributed by atoms with Crippen LogP contribution in [0.15, 0.2) is 49.1 Å². The topological polar surface area (TPSA) is 51.5 Å². The molecule has 0 N–H and O–H groups in total. The predicted octanol–water partition coefficient (Wildman–Crippen LogP) is 4.80. The van der Waals surface area contributed by atoms with E-state index in [1.165, 1.54) is 0 Å². The number of rotatable bonds is 9. The SMILES string of the molecule is C=CCc1ccccc1OCCOc1c(Cl)cc(C#N)cc1OCC. The zero-order valence-electron chi connectivity index (χ0n) is 14.1. The molecule has 4 nitrogen and oxygen atoms in total. The van der Waals surface area contributed by atoms with E-state index in [2.05, 4.69) is 6.58 Å². The lowest BCUT2D eigenvalue weighted by Gasteiger charge is -2.15. The Hall–Kier alpha value is -2.64. The Morgan fingerprint density at radius 1 is 1.12 bits per heavy atom. The highest BCUT2D eigenvalue weighted by molar-refractivity contribution is 6.32. The van der Waals surface area contributed by atoms with Gasteiger partial charge in [-0.3, -0.25) is 0 Å². The second-order valence-electron chi connectivity index (χ2n) is 5.13. The molecule has 2 aromatic carbocycles. The van der Waals surface area contributed by atoms with Gasteiger partial charge >= 0.3 is 0 Å². The van der Waals surface area contributed by atoms with Crippen LogP contribution >= 0.6 is 11.6 Å². The van der Waals surface area contributed by atoms with Gasteiger partial charge in [0, 0.05) is 6.07 Å². The van der Waals surface area contributed by atoms with Crippen LogP contribution in [-0.4, -0.2) is 19.8 Å². The van der Waals surface area contributed by atoms with Crippen LogP contribution in [0.3, 0.4) is 0 Å². The van der Waals surface area contributed by atoms with Crippen molar-refractivity contribution in [2.45, 2.75) is 13.3 Å². The Balaban J connectivity index is 2.00. The van der Waals surface area contributed by atoms with Crippen molar-refractivity contribution < 1.29 is 14.2 Å². The predicted molar refractivity (Wildman–Crippen MR) is 98.7 cm³/mol. The first kappa shape index (κ1) is 18.7. The second kappa shape index (κ2) is 9.61. The van der Waals surface area contributed by atoms with Crippen molar-refractivity contribution in [2.24, 2.45) is 0 Å². The van der Waals surface area contributed by atoms with E-state index in [1.807, 2.05) is 43.3 Å². The van der Waals surface area contributed by atoms with E-state index in [0.717, 1.165) is 17.7 Å². The first-order chi connectivity index (χ1) is 12.2. The van der Waals surface area contributed by atoms with Crippen LogP contribution in [0.5, 0.6) is 17.2 Å². The lowest BCUT2D eigenvalue weighted by molar-refractivity contribution is 0.207. The van der Waals surface area contributed by atoms with Crippen LogP contribution in [0.4, 0.5) is 0 Å². The molecule has 2 aromatic rings. The molecule has 0 bridgehead atoms. The van der Waals surface area contributed by atoms with Gasteiger partial charge in [-0.15, -0.1) is 6.58 Å². The lowest BCUT2D eigenvalue weighted by Crippen LogP contribution is -2.11. The van der Waals surface area contributed by atoms with Gasteiger partial charge in [0.2, 0.25) is 0 Å². The van der Waals surface area contributed by atoms with E-state index in [4.69, 9.17) is 31.1 Å². The molecule has 5 heteroatoms. The molecular formula is C20H20ClNO3. The van der Waals surface area contributed by atoms with Crippen molar-refractivity contribution in [3.8, 4) is 23.3 Å². The summed E-state index contributed by atoms with van der Waals surface area (Å²) >= 11 is 6.20. The summed E-state index contributed by atoms with van der Waals surface area (Å²) in [6.45, 7) is 6.72. The van der Waals surface area contributed by atoms with Crippen molar-refractivity contribution in [3.63, 3.8) is 0 Å². The zero-order valence-corrected chi connectivity index (χ0v) is 14.9. The van der Waals surface area contributed by atoms with Gasteiger partial charge in [0.05, 0.1) is 23.3 Å². The minimum Gasteiger partial charge on any atom is -0.490 e.